The molecule has 0 fully saturated rings. The summed E-state index contributed by atoms with van der Waals surface area (Å²) in [5.41, 5.74) is 3.08. The van der Waals surface area contributed by atoms with Gasteiger partial charge in [0.2, 0.25) is 0 Å². The van der Waals surface area contributed by atoms with Crippen molar-refractivity contribution in [2.24, 2.45) is 0 Å². The molecule has 0 aliphatic rings. The SMILES string of the molecule is CCOc1cncc(CNc2cnc3ccccc3c2)c1. The molecular formula is C17H17N3O. The second-order valence-corrected chi connectivity index (χ2v) is 4.73. The van der Waals surface area contributed by atoms with Crippen LogP contribution in [-0.4, -0.2) is 16.6 Å². The van der Waals surface area contributed by atoms with E-state index >= 15 is 0 Å². The first-order chi connectivity index (χ1) is 10.3. The fourth-order valence-electron chi connectivity index (χ4n) is 2.18. The number of ether oxygens (including phenoxy) is 1. The number of anilines is 1. The van der Waals surface area contributed by atoms with Crippen LogP contribution in [0.15, 0.2) is 55.0 Å². The van der Waals surface area contributed by atoms with Crippen molar-refractivity contribution >= 4 is 16.6 Å². The lowest BCUT2D eigenvalue weighted by molar-refractivity contribution is 0.338. The molecule has 0 aliphatic carbocycles. The zero-order valence-corrected chi connectivity index (χ0v) is 11.9. The summed E-state index contributed by atoms with van der Waals surface area (Å²) in [5.74, 6) is 0.799. The molecule has 0 spiro atoms. The third-order valence-electron chi connectivity index (χ3n) is 3.17. The summed E-state index contributed by atoms with van der Waals surface area (Å²) in [4.78, 5) is 8.62. The molecule has 106 valence electrons. The van der Waals surface area contributed by atoms with E-state index in [0.29, 0.717) is 13.2 Å². The number of benzene rings is 1. The van der Waals surface area contributed by atoms with Crippen LogP contribution in [0.2, 0.25) is 0 Å². The summed E-state index contributed by atoms with van der Waals surface area (Å²) >= 11 is 0. The number of aromatic nitrogens is 2. The van der Waals surface area contributed by atoms with Gasteiger partial charge in [-0.3, -0.25) is 9.97 Å². The lowest BCUT2D eigenvalue weighted by atomic mass is 10.2. The van der Waals surface area contributed by atoms with E-state index < -0.39 is 0 Å². The van der Waals surface area contributed by atoms with Crippen LogP contribution in [0.4, 0.5) is 5.69 Å². The highest BCUT2D eigenvalue weighted by Crippen LogP contribution is 2.17. The molecule has 0 unspecified atom stereocenters. The predicted octanol–water partition coefficient (Wildman–Crippen LogP) is 3.64. The van der Waals surface area contributed by atoms with Crippen LogP contribution in [0.3, 0.4) is 0 Å². The van der Waals surface area contributed by atoms with E-state index in [4.69, 9.17) is 4.74 Å². The zero-order valence-electron chi connectivity index (χ0n) is 11.9. The van der Waals surface area contributed by atoms with Gasteiger partial charge < -0.3 is 10.1 Å². The van der Waals surface area contributed by atoms with Gasteiger partial charge in [-0.2, -0.15) is 0 Å². The Kier molecular flexibility index (Phi) is 3.96. The van der Waals surface area contributed by atoms with Gasteiger partial charge in [-0.15, -0.1) is 0 Å². The van der Waals surface area contributed by atoms with Crippen LogP contribution in [0.25, 0.3) is 10.9 Å². The Labute approximate surface area is 123 Å². The number of rotatable bonds is 5. The first-order valence-electron chi connectivity index (χ1n) is 7.00. The number of hydrogen-bond donors (Lipinski definition) is 1. The van der Waals surface area contributed by atoms with Crippen LogP contribution in [0, 0.1) is 0 Å². The van der Waals surface area contributed by atoms with Crippen molar-refractivity contribution in [1.82, 2.24) is 9.97 Å². The summed E-state index contributed by atoms with van der Waals surface area (Å²) in [6.45, 7) is 3.30. The van der Waals surface area contributed by atoms with Gasteiger partial charge in [0.1, 0.15) is 5.75 Å². The predicted molar refractivity (Wildman–Crippen MR) is 84.5 cm³/mol. The molecule has 0 saturated heterocycles. The zero-order chi connectivity index (χ0) is 14.5. The average Bonchev–Trinajstić information content (AvgIpc) is 2.53. The minimum atomic E-state index is 0.646. The standard InChI is InChI=1S/C17H17N3O/c1-2-21-16-7-13(9-18-12-16)10-19-15-8-14-5-3-4-6-17(14)20-11-15/h3-9,11-12,19H,2,10H2,1H3. The van der Waals surface area contributed by atoms with Crippen molar-refractivity contribution in [3.63, 3.8) is 0 Å². The number of fused-ring (bicyclic) bond motifs is 1. The first kappa shape index (κ1) is 13.4. The topological polar surface area (TPSA) is 47.0 Å². The van der Waals surface area contributed by atoms with Gasteiger partial charge >= 0.3 is 0 Å². The molecule has 4 nitrogen and oxygen atoms in total. The molecule has 4 heteroatoms. The van der Waals surface area contributed by atoms with Gasteiger partial charge in [0, 0.05) is 18.1 Å². The summed E-state index contributed by atoms with van der Waals surface area (Å²) in [5, 5.41) is 4.49. The molecule has 1 N–H and O–H groups in total. The van der Waals surface area contributed by atoms with Crippen molar-refractivity contribution in [2.75, 3.05) is 11.9 Å². The van der Waals surface area contributed by atoms with Crippen molar-refractivity contribution in [2.45, 2.75) is 13.5 Å². The molecule has 1 aromatic carbocycles. The minimum Gasteiger partial charge on any atom is -0.492 e. The summed E-state index contributed by atoms with van der Waals surface area (Å²) in [6, 6.07) is 12.2. The van der Waals surface area contributed by atoms with E-state index in [2.05, 4.69) is 27.4 Å². The molecular weight excluding hydrogens is 262 g/mol. The van der Waals surface area contributed by atoms with E-state index in [1.165, 1.54) is 0 Å². The number of pyridine rings is 2. The molecule has 0 radical (unpaired) electrons. The molecule has 21 heavy (non-hydrogen) atoms. The monoisotopic (exact) mass is 279 g/mol. The van der Waals surface area contributed by atoms with Crippen molar-refractivity contribution in [3.8, 4) is 5.75 Å². The summed E-state index contributed by atoms with van der Waals surface area (Å²) < 4.78 is 5.45. The molecule has 0 atom stereocenters. The molecule has 2 aromatic heterocycles. The maximum Gasteiger partial charge on any atom is 0.137 e. The molecule has 2 heterocycles. The fourth-order valence-corrected chi connectivity index (χ4v) is 2.18. The Morgan fingerprint density at radius 2 is 2.00 bits per heavy atom. The van der Waals surface area contributed by atoms with Crippen molar-refractivity contribution in [3.05, 3.63) is 60.6 Å². The van der Waals surface area contributed by atoms with Crippen LogP contribution in [0.5, 0.6) is 5.75 Å². The van der Waals surface area contributed by atoms with Crippen molar-refractivity contribution in [1.29, 1.82) is 0 Å². The number of hydrogen-bond acceptors (Lipinski definition) is 4. The van der Waals surface area contributed by atoms with Crippen LogP contribution >= 0.6 is 0 Å². The summed E-state index contributed by atoms with van der Waals surface area (Å²) in [7, 11) is 0. The third kappa shape index (κ3) is 3.28. The van der Waals surface area contributed by atoms with E-state index in [1.54, 1.807) is 6.20 Å². The lowest BCUT2D eigenvalue weighted by Gasteiger charge is -2.08. The smallest absolute Gasteiger partial charge is 0.137 e. The average molecular weight is 279 g/mol. The molecule has 3 aromatic rings. The highest BCUT2D eigenvalue weighted by Gasteiger charge is 2.00. The maximum absolute atomic E-state index is 5.45. The van der Waals surface area contributed by atoms with Crippen LogP contribution < -0.4 is 10.1 Å². The van der Waals surface area contributed by atoms with Gasteiger partial charge in [0.25, 0.3) is 0 Å². The Morgan fingerprint density at radius 3 is 2.90 bits per heavy atom. The molecule has 0 amide bonds. The Balaban J connectivity index is 1.72. The second kappa shape index (κ2) is 6.22. The van der Waals surface area contributed by atoms with E-state index in [-0.39, 0.29) is 0 Å². The van der Waals surface area contributed by atoms with Crippen LogP contribution in [-0.2, 0) is 6.54 Å². The van der Waals surface area contributed by atoms with Gasteiger partial charge in [-0.05, 0) is 30.7 Å². The third-order valence-corrected chi connectivity index (χ3v) is 3.17. The van der Waals surface area contributed by atoms with E-state index in [1.807, 2.05) is 43.6 Å². The fraction of sp³-hybridized carbons (Fsp3) is 0.176. The minimum absolute atomic E-state index is 0.646. The molecule has 0 aliphatic heterocycles. The highest BCUT2D eigenvalue weighted by molar-refractivity contribution is 5.81. The number of nitrogens with one attached hydrogen (secondary N) is 1. The molecule has 3 rings (SSSR count). The lowest BCUT2D eigenvalue weighted by Crippen LogP contribution is -2.01. The number of nitrogens with zero attached hydrogens (tertiary/aromatic N) is 2. The summed E-state index contributed by atoms with van der Waals surface area (Å²) in [6.07, 6.45) is 5.41. The Hall–Kier alpha value is -2.62. The second-order valence-electron chi connectivity index (χ2n) is 4.73. The van der Waals surface area contributed by atoms with Gasteiger partial charge in [0.05, 0.1) is 30.2 Å². The normalized spacial score (nSPS) is 10.5. The van der Waals surface area contributed by atoms with Crippen LogP contribution in [0.1, 0.15) is 12.5 Å². The van der Waals surface area contributed by atoms with E-state index in [9.17, 15) is 0 Å². The van der Waals surface area contributed by atoms with Gasteiger partial charge in [-0.25, -0.2) is 0 Å². The van der Waals surface area contributed by atoms with Gasteiger partial charge in [0.15, 0.2) is 0 Å². The Morgan fingerprint density at radius 1 is 1.10 bits per heavy atom. The first-order valence-corrected chi connectivity index (χ1v) is 7.00. The molecule has 0 bridgehead atoms. The van der Waals surface area contributed by atoms with Crippen molar-refractivity contribution < 1.29 is 4.74 Å². The quantitative estimate of drug-likeness (QED) is 0.774. The highest BCUT2D eigenvalue weighted by atomic mass is 16.5. The largest absolute Gasteiger partial charge is 0.492 e. The Bertz CT molecular complexity index is 743. The van der Waals surface area contributed by atoms with Gasteiger partial charge in [-0.1, -0.05) is 18.2 Å². The maximum atomic E-state index is 5.45. The number of para-hydroxylation sites is 1. The van der Waals surface area contributed by atoms with E-state index in [0.717, 1.165) is 27.9 Å². The molecule has 0 saturated carbocycles.